The first-order valence-corrected chi connectivity index (χ1v) is 23.6. The van der Waals surface area contributed by atoms with Gasteiger partial charge in [0, 0.05) is 39.5 Å². The lowest BCUT2D eigenvalue weighted by molar-refractivity contribution is -0.134. The van der Waals surface area contributed by atoms with E-state index in [-0.39, 0.29) is 31.7 Å². The fourth-order valence-corrected chi connectivity index (χ4v) is 7.35. The zero-order valence-electron chi connectivity index (χ0n) is 41.8. The monoisotopic (exact) mass is 980 g/mol. The largest absolute Gasteiger partial charge is 0.497 e. The average molecular weight is 981 g/mol. The fourth-order valence-electron chi connectivity index (χ4n) is 7.35. The van der Waals surface area contributed by atoms with Gasteiger partial charge in [-0.05, 0) is 99.2 Å². The number of benzene rings is 4. The molecule has 0 aliphatic rings. The van der Waals surface area contributed by atoms with Crippen molar-refractivity contribution in [3.63, 3.8) is 0 Å². The van der Waals surface area contributed by atoms with E-state index in [4.69, 9.17) is 23.7 Å². The van der Waals surface area contributed by atoms with Gasteiger partial charge in [-0.2, -0.15) is 0 Å². The standard InChI is InChI=1S/C53H68N6O12/c1-9-30-69-32-29-54-48(62)34(2)56-50(64)36(4)58-52(66)46(33-39-17-23-45(24-18-39)71-38(6)60)59-51(65)37(5)57-49(63)35(3)55-47(61)16-13-31-70-53(40-14-11-10-12-15-40,41-19-25-43(67-7)26-20-41)42-21-27-44(68-8)28-22-42/h10-12,14-15,17-28,34-37,46H,9,13,16,29-33H2,1-8H3,(H,54,62)(H,55,61)(H,56,64)(H,57,63)(H,58,66)(H,59,65). The smallest absolute Gasteiger partial charge is 0.308 e. The lowest BCUT2D eigenvalue weighted by atomic mass is 9.80. The Kier molecular flexibility index (Phi) is 22.5. The Morgan fingerprint density at radius 3 is 1.54 bits per heavy atom. The molecule has 18 nitrogen and oxygen atoms in total. The molecule has 6 N–H and O–H groups in total. The van der Waals surface area contributed by atoms with E-state index >= 15 is 0 Å². The lowest BCUT2D eigenvalue weighted by Crippen LogP contribution is -2.58. The van der Waals surface area contributed by atoms with E-state index in [1.165, 1.54) is 46.8 Å². The summed E-state index contributed by atoms with van der Waals surface area (Å²) in [6, 6.07) is 25.7. The summed E-state index contributed by atoms with van der Waals surface area (Å²) in [6.45, 7) is 10.3. The second kappa shape index (κ2) is 28.4. The van der Waals surface area contributed by atoms with Crippen LogP contribution in [0.4, 0.5) is 0 Å². The van der Waals surface area contributed by atoms with Crippen LogP contribution in [0.15, 0.2) is 103 Å². The van der Waals surface area contributed by atoms with Gasteiger partial charge in [0.2, 0.25) is 35.4 Å². The van der Waals surface area contributed by atoms with Crippen molar-refractivity contribution < 1.29 is 57.2 Å². The van der Waals surface area contributed by atoms with Gasteiger partial charge in [0.1, 0.15) is 53.1 Å². The van der Waals surface area contributed by atoms with E-state index in [0.717, 1.165) is 23.1 Å². The van der Waals surface area contributed by atoms with Crippen LogP contribution >= 0.6 is 0 Å². The van der Waals surface area contributed by atoms with Crippen LogP contribution in [0, 0.1) is 0 Å². The van der Waals surface area contributed by atoms with Gasteiger partial charge in [-0.15, -0.1) is 0 Å². The van der Waals surface area contributed by atoms with Gasteiger partial charge in [-0.25, -0.2) is 0 Å². The van der Waals surface area contributed by atoms with Gasteiger partial charge in [0.15, 0.2) is 0 Å². The minimum absolute atomic E-state index is 0.0134. The van der Waals surface area contributed by atoms with Crippen molar-refractivity contribution in [1.29, 1.82) is 0 Å². The van der Waals surface area contributed by atoms with Crippen LogP contribution in [-0.4, -0.2) is 112 Å². The van der Waals surface area contributed by atoms with Gasteiger partial charge >= 0.3 is 5.97 Å². The Morgan fingerprint density at radius 2 is 1.01 bits per heavy atom. The number of carbonyl (C=O) groups is 7. The molecule has 0 radical (unpaired) electrons. The Labute approximate surface area is 415 Å². The molecule has 0 aliphatic heterocycles. The van der Waals surface area contributed by atoms with Crippen LogP contribution in [0.1, 0.15) is 83.1 Å². The molecule has 0 heterocycles. The molecule has 5 unspecified atom stereocenters. The van der Waals surface area contributed by atoms with Gasteiger partial charge in [-0.1, -0.05) is 73.7 Å². The summed E-state index contributed by atoms with van der Waals surface area (Å²) >= 11 is 0. The summed E-state index contributed by atoms with van der Waals surface area (Å²) in [4.78, 5) is 91.0. The first-order chi connectivity index (χ1) is 34.0. The van der Waals surface area contributed by atoms with E-state index in [1.807, 2.05) is 85.8 Å². The van der Waals surface area contributed by atoms with Crippen LogP contribution in [0.2, 0.25) is 0 Å². The van der Waals surface area contributed by atoms with Crippen molar-refractivity contribution in [3.05, 3.63) is 125 Å². The second-order valence-electron chi connectivity index (χ2n) is 16.8. The highest BCUT2D eigenvalue weighted by atomic mass is 16.5. The van der Waals surface area contributed by atoms with Crippen molar-refractivity contribution in [2.75, 3.05) is 40.6 Å². The summed E-state index contributed by atoms with van der Waals surface area (Å²) in [5.74, 6) is -2.51. The molecular weight excluding hydrogens is 913 g/mol. The minimum Gasteiger partial charge on any atom is -0.497 e. The minimum atomic E-state index is -1.25. The van der Waals surface area contributed by atoms with E-state index in [0.29, 0.717) is 36.7 Å². The number of methoxy groups -OCH3 is 2. The Balaban J connectivity index is 1.37. The third-order valence-electron chi connectivity index (χ3n) is 11.2. The Morgan fingerprint density at radius 1 is 0.535 bits per heavy atom. The van der Waals surface area contributed by atoms with E-state index in [2.05, 4.69) is 31.9 Å². The van der Waals surface area contributed by atoms with E-state index in [9.17, 15) is 33.6 Å². The number of ether oxygens (including phenoxy) is 5. The normalized spacial score (nSPS) is 13.2. The molecule has 0 saturated heterocycles. The Hall–Kier alpha value is -7.31. The highest BCUT2D eigenvalue weighted by Gasteiger charge is 2.38. The highest BCUT2D eigenvalue weighted by molar-refractivity contribution is 5.96. The van der Waals surface area contributed by atoms with E-state index < -0.39 is 77.2 Å². The number of carbonyl (C=O) groups excluding carboxylic acids is 7. The number of nitrogens with one attached hydrogen (secondary N) is 6. The molecule has 382 valence electrons. The molecule has 0 aliphatic carbocycles. The molecule has 0 fully saturated rings. The van der Waals surface area contributed by atoms with Crippen molar-refractivity contribution in [2.45, 2.75) is 103 Å². The lowest BCUT2D eigenvalue weighted by Gasteiger charge is -2.36. The van der Waals surface area contributed by atoms with Gasteiger partial charge in [0.25, 0.3) is 0 Å². The third kappa shape index (κ3) is 17.3. The quantitative estimate of drug-likeness (QED) is 0.0205. The molecule has 4 rings (SSSR count). The molecule has 71 heavy (non-hydrogen) atoms. The van der Waals surface area contributed by atoms with Crippen LogP contribution in [0.25, 0.3) is 0 Å². The molecule has 18 heteroatoms. The van der Waals surface area contributed by atoms with Crippen molar-refractivity contribution in [1.82, 2.24) is 31.9 Å². The average Bonchev–Trinajstić information content (AvgIpc) is 3.36. The van der Waals surface area contributed by atoms with Crippen LogP contribution in [-0.2, 0) is 55.1 Å². The summed E-state index contributed by atoms with van der Waals surface area (Å²) in [7, 11) is 3.19. The molecule has 6 amide bonds. The maximum Gasteiger partial charge on any atom is 0.308 e. The maximum atomic E-state index is 13.7. The van der Waals surface area contributed by atoms with Crippen molar-refractivity contribution >= 4 is 41.4 Å². The number of rotatable bonds is 28. The molecule has 0 aromatic heterocycles. The zero-order valence-corrected chi connectivity index (χ0v) is 41.8. The maximum absolute atomic E-state index is 13.7. The van der Waals surface area contributed by atoms with Crippen molar-refractivity contribution in [3.8, 4) is 17.2 Å². The summed E-state index contributed by atoms with van der Waals surface area (Å²) in [6.07, 6.45) is 1.08. The molecule has 4 aromatic carbocycles. The first kappa shape index (κ1) is 56.3. The zero-order chi connectivity index (χ0) is 51.9. The molecule has 5 atom stereocenters. The SMILES string of the molecule is CCCOCCNC(=O)C(C)NC(=O)C(C)NC(=O)C(Cc1ccc(OC(C)=O)cc1)NC(=O)C(C)NC(=O)C(C)NC(=O)CCCOC(c1ccccc1)(c1ccc(OC)cc1)c1ccc(OC)cc1. The van der Waals surface area contributed by atoms with E-state index in [1.54, 1.807) is 26.4 Å². The molecule has 0 spiro atoms. The third-order valence-corrected chi connectivity index (χ3v) is 11.2. The molecule has 0 bridgehead atoms. The van der Waals surface area contributed by atoms with Gasteiger partial charge in [0.05, 0.1) is 20.8 Å². The number of amides is 6. The van der Waals surface area contributed by atoms with Gasteiger partial charge < -0.3 is 55.6 Å². The topological polar surface area (TPSA) is 238 Å². The second-order valence-corrected chi connectivity index (χ2v) is 16.8. The van der Waals surface area contributed by atoms with Crippen LogP contribution in [0.3, 0.4) is 0 Å². The van der Waals surface area contributed by atoms with Gasteiger partial charge in [-0.3, -0.25) is 33.6 Å². The van der Waals surface area contributed by atoms with Crippen molar-refractivity contribution in [2.24, 2.45) is 0 Å². The number of hydrogen-bond acceptors (Lipinski definition) is 12. The predicted molar refractivity (Wildman–Crippen MR) is 265 cm³/mol. The number of esters is 1. The molecular formula is C53H68N6O12. The van der Waals surface area contributed by atoms with Crippen LogP contribution in [0.5, 0.6) is 17.2 Å². The highest BCUT2D eigenvalue weighted by Crippen LogP contribution is 2.41. The fraction of sp³-hybridized carbons (Fsp3) is 0.415. The molecule has 0 saturated carbocycles. The predicted octanol–water partition coefficient (Wildman–Crippen LogP) is 4.01. The summed E-state index contributed by atoms with van der Waals surface area (Å²) < 4.78 is 28.2. The summed E-state index contributed by atoms with van der Waals surface area (Å²) in [5, 5.41) is 15.8. The Bertz CT molecular complexity index is 2320. The van der Waals surface area contributed by atoms with Crippen LogP contribution < -0.4 is 46.1 Å². The summed E-state index contributed by atoms with van der Waals surface area (Å²) in [5.41, 5.74) is 2.01. The number of hydrogen-bond donors (Lipinski definition) is 6. The first-order valence-electron chi connectivity index (χ1n) is 23.6. The molecule has 4 aromatic rings.